The number of fused-ring (bicyclic) bond motifs is 2. The fraction of sp³-hybridized carbons (Fsp3) is 0.409. The molecule has 1 amide bonds. The van der Waals surface area contributed by atoms with Crippen LogP contribution in [0.4, 0.5) is 0 Å². The fourth-order valence-electron chi connectivity index (χ4n) is 3.82. The summed E-state index contributed by atoms with van der Waals surface area (Å²) in [6.07, 6.45) is 5.18. The molecule has 1 aromatic carbocycles. The van der Waals surface area contributed by atoms with Crippen molar-refractivity contribution in [3.63, 3.8) is 0 Å². The smallest absolute Gasteiger partial charge is 0.261 e. The van der Waals surface area contributed by atoms with Crippen molar-refractivity contribution < 1.29 is 9.21 Å². The van der Waals surface area contributed by atoms with E-state index in [0.29, 0.717) is 23.0 Å². The first-order chi connectivity index (χ1) is 13.5. The molecule has 28 heavy (non-hydrogen) atoms. The molecule has 0 N–H and O–H groups in total. The van der Waals surface area contributed by atoms with Crippen molar-refractivity contribution in [2.45, 2.75) is 52.1 Å². The molecule has 1 aliphatic rings. The highest BCUT2D eigenvalue weighted by Crippen LogP contribution is 2.18. The lowest BCUT2D eigenvalue weighted by molar-refractivity contribution is 0.0775. The normalized spacial score (nSPS) is 14.4. The summed E-state index contributed by atoms with van der Waals surface area (Å²) in [6, 6.07) is 8.94. The second kappa shape index (κ2) is 7.62. The first-order valence-electron chi connectivity index (χ1n) is 9.87. The van der Waals surface area contributed by atoms with Gasteiger partial charge in [-0.1, -0.05) is 12.8 Å². The maximum atomic E-state index is 12.9. The molecule has 1 aliphatic heterocycles. The zero-order valence-electron chi connectivity index (χ0n) is 16.4. The molecule has 146 valence electrons. The highest BCUT2D eigenvalue weighted by Gasteiger charge is 2.17. The Bertz CT molecular complexity index is 1080. The molecule has 0 fully saturated rings. The molecule has 3 heterocycles. The third-order valence-electron chi connectivity index (χ3n) is 5.35. The summed E-state index contributed by atoms with van der Waals surface area (Å²) < 4.78 is 7.37. The van der Waals surface area contributed by atoms with Crippen LogP contribution in [0.25, 0.3) is 10.9 Å². The molecule has 0 saturated carbocycles. The quantitative estimate of drug-likeness (QED) is 0.696. The molecule has 0 aliphatic carbocycles. The van der Waals surface area contributed by atoms with E-state index in [-0.39, 0.29) is 11.5 Å². The summed E-state index contributed by atoms with van der Waals surface area (Å²) in [4.78, 5) is 32.1. The van der Waals surface area contributed by atoms with Crippen LogP contribution in [0.3, 0.4) is 0 Å². The summed E-state index contributed by atoms with van der Waals surface area (Å²) in [7, 11) is 1.74. The van der Waals surface area contributed by atoms with Gasteiger partial charge in [-0.3, -0.25) is 14.2 Å². The maximum Gasteiger partial charge on any atom is 0.261 e. The van der Waals surface area contributed by atoms with Gasteiger partial charge in [-0.25, -0.2) is 4.98 Å². The number of carbonyl (C=O) groups excluding carboxylic acids is 1. The molecule has 0 spiro atoms. The summed E-state index contributed by atoms with van der Waals surface area (Å²) >= 11 is 0. The summed E-state index contributed by atoms with van der Waals surface area (Å²) in [5.41, 5.74) is 1.13. The van der Waals surface area contributed by atoms with Crippen LogP contribution >= 0.6 is 0 Å². The lowest BCUT2D eigenvalue weighted by Gasteiger charge is -2.18. The molecule has 2 aromatic heterocycles. The number of aromatic nitrogens is 2. The monoisotopic (exact) mass is 379 g/mol. The number of rotatable bonds is 3. The van der Waals surface area contributed by atoms with Crippen molar-refractivity contribution in [2.75, 3.05) is 7.05 Å². The van der Waals surface area contributed by atoms with Gasteiger partial charge >= 0.3 is 0 Å². The van der Waals surface area contributed by atoms with Crippen molar-refractivity contribution >= 4 is 16.8 Å². The number of benzene rings is 1. The molecule has 6 heteroatoms. The standard InChI is InChI=1S/C22H25N3O3/c1-15-8-10-17(28-15)14-24(2)21(26)16-9-11-18-19(13-16)23-20-7-5-3-4-6-12-25(20)22(18)27/h8-11,13H,3-7,12,14H2,1-2H3. The number of nitrogens with zero attached hydrogens (tertiary/aromatic N) is 3. The Kier molecular flexibility index (Phi) is 5.03. The van der Waals surface area contributed by atoms with Gasteiger partial charge in [0, 0.05) is 25.6 Å². The predicted octanol–water partition coefficient (Wildman–Crippen LogP) is 3.69. The molecule has 0 unspecified atom stereocenters. The molecular formula is C22H25N3O3. The van der Waals surface area contributed by atoms with Crippen molar-refractivity contribution in [3.05, 3.63) is 63.6 Å². The second-order valence-corrected chi connectivity index (χ2v) is 7.55. The predicted molar refractivity (Wildman–Crippen MR) is 107 cm³/mol. The van der Waals surface area contributed by atoms with Crippen LogP contribution in [-0.2, 0) is 19.5 Å². The van der Waals surface area contributed by atoms with Crippen molar-refractivity contribution in [3.8, 4) is 0 Å². The van der Waals surface area contributed by atoms with E-state index in [1.165, 1.54) is 6.42 Å². The van der Waals surface area contributed by atoms with E-state index in [0.717, 1.165) is 49.6 Å². The molecule has 3 aromatic rings. The Morgan fingerprint density at radius 1 is 1.18 bits per heavy atom. The van der Waals surface area contributed by atoms with Gasteiger partial charge in [0.1, 0.15) is 17.3 Å². The van der Waals surface area contributed by atoms with Gasteiger partial charge in [0.25, 0.3) is 11.5 Å². The minimum Gasteiger partial charge on any atom is -0.464 e. The first-order valence-corrected chi connectivity index (χ1v) is 9.87. The zero-order chi connectivity index (χ0) is 19.7. The largest absolute Gasteiger partial charge is 0.464 e. The van der Waals surface area contributed by atoms with Crippen molar-refractivity contribution in [1.29, 1.82) is 0 Å². The Hall–Kier alpha value is -2.89. The van der Waals surface area contributed by atoms with E-state index in [1.807, 2.05) is 23.6 Å². The number of aryl methyl sites for hydroxylation is 2. The van der Waals surface area contributed by atoms with E-state index in [1.54, 1.807) is 30.1 Å². The summed E-state index contributed by atoms with van der Waals surface area (Å²) in [5.74, 6) is 2.28. The second-order valence-electron chi connectivity index (χ2n) is 7.55. The van der Waals surface area contributed by atoms with Crippen LogP contribution in [-0.4, -0.2) is 27.4 Å². The average molecular weight is 379 g/mol. The van der Waals surface area contributed by atoms with Gasteiger partial charge in [0.15, 0.2) is 0 Å². The molecule has 0 radical (unpaired) electrons. The molecule has 0 atom stereocenters. The van der Waals surface area contributed by atoms with Crippen LogP contribution in [0.5, 0.6) is 0 Å². The third-order valence-corrected chi connectivity index (χ3v) is 5.35. The van der Waals surface area contributed by atoms with E-state index in [9.17, 15) is 9.59 Å². The van der Waals surface area contributed by atoms with Crippen LogP contribution in [0.2, 0.25) is 0 Å². The lowest BCUT2D eigenvalue weighted by Crippen LogP contribution is -2.28. The third kappa shape index (κ3) is 3.59. The maximum absolute atomic E-state index is 12.9. The Balaban J connectivity index is 1.65. The van der Waals surface area contributed by atoms with E-state index in [4.69, 9.17) is 9.40 Å². The number of carbonyl (C=O) groups is 1. The van der Waals surface area contributed by atoms with Crippen LogP contribution < -0.4 is 5.56 Å². The number of amides is 1. The highest BCUT2D eigenvalue weighted by atomic mass is 16.3. The van der Waals surface area contributed by atoms with Gasteiger partial charge in [0.05, 0.1) is 17.4 Å². The molecule has 4 rings (SSSR count). The number of hydrogen-bond acceptors (Lipinski definition) is 4. The van der Waals surface area contributed by atoms with Crippen LogP contribution in [0.15, 0.2) is 39.5 Å². The van der Waals surface area contributed by atoms with E-state index < -0.39 is 0 Å². The summed E-state index contributed by atoms with van der Waals surface area (Å²) in [5, 5.41) is 0.574. The van der Waals surface area contributed by atoms with Crippen molar-refractivity contribution in [2.24, 2.45) is 0 Å². The van der Waals surface area contributed by atoms with Gasteiger partial charge in [-0.05, 0) is 50.1 Å². The van der Waals surface area contributed by atoms with Gasteiger partial charge in [-0.2, -0.15) is 0 Å². The molecule has 6 nitrogen and oxygen atoms in total. The number of hydrogen-bond donors (Lipinski definition) is 0. The zero-order valence-corrected chi connectivity index (χ0v) is 16.4. The highest BCUT2D eigenvalue weighted by molar-refractivity contribution is 5.97. The SMILES string of the molecule is Cc1ccc(CN(C)C(=O)c2ccc3c(=O)n4c(nc3c2)CCCCCC4)o1. The minimum absolute atomic E-state index is 0.000291. The molecule has 0 saturated heterocycles. The Morgan fingerprint density at radius 2 is 2.00 bits per heavy atom. The number of furan rings is 1. The van der Waals surface area contributed by atoms with Crippen LogP contribution in [0, 0.1) is 6.92 Å². The van der Waals surface area contributed by atoms with Crippen LogP contribution in [0.1, 0.15) is 53.4 Å². The lowest BCUT2D eigenvalue weighted by atomic mass is 10.1. The Labute approximate surface area is 163 Å². The summed E-state index contributed by atoms with van der Waals surface area (Å²) in [6.45, 7) is 3.00. The molecule has 0 bridgehead atoms. The van der Waals surface area contributed by atoms with E-state index >= 15 is 0 Å². The van der Waals surface area contributed by atoms with Gasteiger partial charge < -0.3 is 9.32 Å². The van der Waals surface area contributed by atoms with Gasteiger partial charge in [-0.15, -0.1) is 0 Å². The average Bonchev–Trinajstić information content (AvgIpc) is 3.07. The minimum atomic E-state index is -0.121. The Morgan fingerprint density at radius 3 is 2.79 bits per heavy atom. The van der Waals surface area contributed by atoms with Crippen molar-refractivity contribution in [1.82, 2.24) is 14.5 Å². The fourth-order valence-corrected chi connectivity index (χ4v) is 3.82. The molecular weight excluding hydrogens is 354 g/mol. The van der Waals surface area contributed by atoms with E-state index in [2.05, 4.69) is 0 Å². The first kappa shape index (κ1) is 18.5. The van der Waals surface area contributed by atoms with Gasteiger partial charge in [0.2, 0.25) is 0 Å². The topological polar surface area (TPSA) is 68.3 Å².